The lowest BCUT2D eigenvalue weighted by molar-refractivity contribution is -0.150. The zero-order valence-electron chi connectivity index (χ0n) is 22.5. The summed E-state index contributed by atoms with van der Waals surface area (Å²) in [6.07, 6.45) is 0.611. The summed E-state index contributed by atoms with van der Waals surface area (Å²) in [5.41, 5.74) is 7.39. The summed E-state index contributed by atoms with van der Waals surface area (Å²) in [4.78, 5) is 16.7. The van der Waals surface area contributed by atoms with Gasteiger partial charge in [0, 0.05) is 11.1 Å². The van der Waals surface area contributed by atoms with Gasteiger partial charge in [0.2, 0.25) is 0 Å². The van der Waals surface area contributed by atoms with Crippen LogP contribution in [0.2, 0.25) is 0 Å². The highest BCUT2D eigenvalue weighted by Gasteiger charge is 2.32. The van der Waals surface area contributed by atoms with Gasteiger partial charge >= 0.3 is 5.97 Å². The average Bonchev–Trinajstić information content (AvgIpc) is 3.79. The standard InChI is InChI=1S/C34H30N2O4/c1-21-31(32(37)30-10-6-9-29(35-30)26-7-4-3-5-8-26)33(40-36-21)27-17-15-25(16-18-27)24-13-11-23(12-14-24)22(2)39-34(38)28-19-20-28/h3-18,22,28,32,37H,19-20H2,1-2H3. The van der Waals surface area contributed by atoms with Crippen LogP contribution in [0.5, 0.6) is 0 Å². The van der Waals surface area contributed by atoms with Crippen LogP contribution in [-0.2, 0) is 9.53 Å². The van der Waals surface area contributed by atoms with Crippen molar-refractivity contribution in [3.8, 4) is 33.7 Å². The fraction of sp³-hybridized carbons (Fsp3) is 0.206. The molecule has 2 atom stereocenters. The van der Waals surface area contributed by atoms with Crippen LogP contribution in [-0.4, -0.2) is 21.2 Å². The second kappa shape index (κ2) is 10.9. The molecule has 2 aromatic heterocycles. The van der Waals surface area contributed by atoms with Crippen molar-refractivity contribution in [1.82, 2.24) is 10.1 Å². The van der Waals surface area contributed by atoms with Gasteiger partial charge in [-0.15, -0.1) is 0 Å². The summed E-state index contributed by atoms with van der Waals surface area (Å²) < 4.78 is 11.3. The van der Waals surface area contributed by atoms with Gasteiger partial charge in [0.25, 0.3) is 0 Å². The monoisotopic (exact) mass is 530 g/mol. The number of carbonyl (C=O) groups is 1. The Labute approximate surface area is 233 Å². The van der Waals surface area contributed by atoms with Crippen molar-refractivity contribution >= 4 is 5.97 Å². The van der Waals surface area contributed by atoms with Gasteiger partial charge in [-0.05, 0) is 55.5 Å². The summed E-state index contributed by atoms with van der Waals surface area (Å²) in [5, 5.41) is 15.5. The fourth-order valence-electron chi connectivity index (χ4n) is 4.85. The zero-order chi connectivity index (χ0) is 27.6. The van der Waals surface area contributed by atoms with Crippen molar-refractivity contribution in [3.63, 3.8) is 0 Å². The van der Waals surface area contributed by atoms with Gasteiger partial charge in [0.05, 0.1) is 28.6 Å². The van der Waals surface area contributed by atoms with Crippen LogP contribution >= 0.6 is 0 Å². The van der Waals surface area contributed by atoms with E-state index in [1.54, 1.807) is 0 Å². The Balaban J connectivity index is 1.21. The van der Waals surface area contributed by atoms with E-state index in [9.17, 15) is 9.90 Å². The molecule has 6 heteroatoms. The third-order valence-corrected chi connectivity index (χ3v) is 7.37. The molecule has 1 fully saturated rings. The fourth-order valence-corrected chi connectivity index (χ4v) is 4.85. The first-order valence-corrected chi connectivity index (χ1v) is 13.6. The molecule has 1 aliphatic carbocycles. The number of aliphatic hydroxyl groups excluding tert-OH is 1. The third kappa shape index (κ3) is 5.31. The van der Waals surface area contributed by atoms with Crippen molar-refractivity contribution in [1.29, 1.82) is 0 Å². The molecule has 5 aromatic rings. The molecule has 0 saturated heterocycles. The number of aryl methyl sites for hydroxylation is 1. The van der Waals surface area contributed by atoms with Gasteiger partial charge < -0.3 is 14.4 Å². The lowest BCUT2D eigenvalue weighted by Crippen LogP contribution is -2.10. The molecule has 0 bridgehead atoms. The molecule has 1 aliphatic rings. The summed E-state index contributed by atoms with van der Waals surface area (Å²) in [5.74, 6) is 0.509. The predicted molar refractivity (Wildman–Crippen MR) is 153 cm³/mol. The first kappa shape index (κ1) is 25.7. The van der Waals surface area contributed by atoms with E-state index in [2.05, 4.69) is 5.16 Å². The topological polar surface area (TPSA) is 85.5 Å². The minimum absolute atomic E-state index is 0.0886. The van der Waals surface area contributed by atoms with Crippen LogP contribution in [0, 0.1) is 12.8 Å². The molecular formula is C34H30N2O4. The first-order valence-electron chi connectivity index (χ1n) is 13.6. The SMILES string of the molecule is Cc1noc(-c2ccc(-c3ccc(C(C)OC(=O)C4CC4)cc3)cc2)c1C(O)c1cccc(-c2ccccc2)n1. The maximum atomic E-state index is 12.0. The molecule has 2 unspecified atom stereocenters. The molecule has 0 amide bonds. The maximum Gasteiger partial charge on any atom is 0.309 e. The number of benzene rings is 3. The van der Waals surface area contributed by atoms with Gasteiger partial charge in [-0.25, -0.2) is 4.98 Å². The second-order valence-corrected chi connectivity index (χ2v) is 10.3. The molecule has 0 spiro atoms. The van der Waals surface area contributed by atoms with E-state index in [4.69, 9.17) is 14.2 Å². The number of nitrogens with zero attached hydrogens (tertiary/aromatic N) is 2. The van der Waals surface area contributed by atoms with Crippen molar-refractivity contribution in [2.45, 2.75) is 38.9 Å². The number of pyridine rings is 1. The molecule has 2 heterocycles. The molecule has 0 radical (unpaired) electrons. The molecule has 1 N–H and O–H groups in total. The van der Waals surface area contributed by atoms with E-state index in [1.165, 1.54) is 0 Å². The van der Waals surface area contributed by atoms with Crippen LogP contribution in [0.1, 0.15) is 54.5 Å². The highest BCUT2D eigenvalue weighted by molar-refractivity contribution is 5.75. The summed E-state index contributed by atoms with van der Waals surface area (Å²) in [6, 6.07) is 31.6. The molecule has 0 aliphatic heterocycles. The molecular weight excluding hydrogens is 500 g/mol. The molecule has 200 valence electrons. The maximum absolute atomic E-state index is 12.0. The van der Waals surface area contributed by atoms with Crippen molar-refractivity contribution in [2.24, 2.45) is 5.92 Å². The third-order valence-electron chi connectivity index (χ3n) is 7.37. The van der Waals surface area contributed by atoms with E-state index in [0.717, 1.165) is 46.4 Å². The Hall–Kier alpha value is -4.55. The van der Waals surface area contributed by atoms with Crippen molar-refractivity contribution in [3.05, 3.63) is 120 Å². The zero-order valence-corrected chi connectivity index (χ0v) is 22.5. The minimum atomic E-state index is -0.992. The Morgan fingerprint density at radius 1 is 0.850 bits per heavy atom. The van der Waals surface area contributed by atoms with Gasteiger partial charge in [0.1, 0.15) is 12.2 Å². The predicted octanol–water partition coefficient (Wildman–Crippen LogP) is 7.47. The lowest BCUT2D eigenvalue weighted by atomic mass is 9.97. The Kier molecular flexibility index (Phi) is 7.01. The molecule has 1 saturated carbocycles. The van der Waals surface area contributed by atoms with E-state index < -0.39 is 6.10 Å². The number of ether oxygens (including phenoxy) is 1. The number of hydrogen-bond donors (Lipinski definition) is 1. The van der Waals surface area contributed by atoms with Gasteiger partial charge in [-0.1, -0.05) is 90.1 Å². The number of carbonyl (C=O) groups excluding carboxylic acids is 1. The molecule has 40 heavy (non-hydrogen) atoms. The lowest BCUT2D eigenvalue weighted by Gasteiger charge is -2.14. The smallest absolute Gasteiger partial charge is 0.309 e. The average molecular weight is 531 g/mol. The van der Waals surface area contributed by atoms with Gasteiger partial charge in [-0.2, -0.15) is 0 Å². The van der Waals surface area contributed by atoms with E-state index in [1.807, 2.05) is 111 Å². The van der Waals surface area contributed by atoms with E-state index in [-0.39, 0.29) is 18.0 Å². The Morgan fingerprint density at radius 3 is 2.17 bits per heavy atom. The normalized spacial score (nSPS) is 14.5. The van der Waals surface area contributed by atoms with Crippen LogP contribution in [0.15, 0.2) is 102 Å². The summed E-state index contributed by atoms with van der Waals surface area (Å²) >= 11 is 0. The molecule has 6 nitrogen and oxygen atoms in total. The minimum Gasteiger partial charge on any atom is -0.458 e. The quantitative estimate of drug-likeness (QED) is 0.209. The Morgan fingerprint density at radius 2 is 1.50 bits per heavy atom. The molecule has 3 aromatic carbocycles. The number of esters is 1. The van der Waals surface area contributed by atoms with Crippen LogP contribution in [0.3, 0.4) is 0 Å². The highest BCUT2D eigenvalue weighted by Crippen LogP contribution is 2.36. The van der Waals surface area contributed by atoms with E-state index >= 15 is 0 Å². The number of aliphatic hydroxyl groups is 1. The van der Waals surface area contributed by atoms with Crippen LogP contribution < -0.4 is 0 Å². The Bertz CT molecular complexity index is 1620. The van der Waals surface area contributed by atoms with Crippen molar-refractivity contribution < 1.29 is 19.2 Å². The second-order valence-electron chi connectivity index (χ2n) is 10.3. The van der Waals surface area contributed by atoms with Crippen molar-refractivity contribution in [2.75, 3.05) is 0 Å². The van der Waals surface area contributed by atoms with Gasteiger partial charge in [0.15, 0.2) is 5.76 Å². The number of aromatic nitrogens is 2. The molecule has 6 rings (SSSR count). The van der Waals surface area contributed by atoms with Crippen LogP contribution in [0.4, 0.5) is 0 Å². The van der Waals surface area contributed by atoms with Crippen LogP contribution in [0.25, 0.3) is 33.7 Å². The van der Waals surface area contributed by atoms with E-state index in [0.29, 0.717) is 22.7 Å². The largest absolute Gasteiger partial charge is 0.458 e. The summed E-state index contributed by atoms with van der Waals surface area (Å²) in [6.45, 7) is 3.73. The number of hydrogen-bond acceptors (Lipinski definition) is 6. The van der Waals surface area contributed by atoms with Gasteiger partial charge in [-0.3, -0.25) is 4.79 Å². The summed E-state index contributed by atoms with van der Waals surface area (Å²) in [7, 11) is 0. The number of rotatable bonds is 8. The highest BCUT2D eigenvalue weighted by atomic mass is 16.5. The first-order chi connectivity index (χ1) is 19.5.